The molecule has 3 heteroatoms. The fourth-order valence-corrected chi connectivity index (χ4v) is 3.42. The summed E-state index contributed by atoms with van der Waals surface area (Å²) in [5.74, 6) is 1.83. The Morgan fingerprint density at radius 2 is 1.62 bits per heavy atom. The molecule has 0 bridgehead atoms. The molecule has 0 spiro atoms. The van der Waals surface area contributed by atoms with E-state index in [4.69, 9.17) is 9.47 Å². The summed E-state index contributed by atoms with van der Waals surface area (Å²) in [5, 5.41) is 3.75. The predicted octanol–water partition coefficient (Wildman–Crippen LogP) is 5.33. The van der Waals surface area contributed by atoms with E-state index in [-0.39, 0.29) is 0 Å². The molecule has 26 heavy (non-hydrogen) atoms. The fraction of sp³-hybridized carbons (Fsp3) is 0.478. The summed E-state index contributed by atoms with van der Waals surface area (Å²) >= 11 is 0. The summed E-state index contributed by atoms with van der Waals surface area (Å²) in [5.41, 5.74) is 3.87. The van der Waals surface area contributed by atoms with E-state index in [0.29, 0.717) is 6.04 Å². The SMILES string of the molecule is CCCc1cc(C(CCC)NCCc2ccccc2)c(OC)cc1OC. The highest BCUT2D eigenvalue weighted by atomic mass is 16.5. The van der Waals surface area contributed by atoms with Gasteiger partial charge in [0.15, 0.2) is 0 Å². The zero-order chi connectivity index (χ0) is 18.8. The Hall–Kier alpha value is -2.00. The quantitative estimate of drug-likeness (QED) is 0.591. The van der Waals surface area contributed by atoms with Crippen LogP contribution < -0.4 is 14.8 Å². The molecule has 2 rings (SSSR count). The van der Waals surface area contributed by atoms with Crippen molar-refractivity contribution in [1.82, 2.24) is 5.32 Å². The van der Waals surface area contributed by atoms with Gasteiger partial charge in [-0.15, -0.1) is 0 Å². The Morgan fingerprint density at radius 3 is 2.23 bits per heavy atom. The van der Waals surface area contributed by atoms with Crippen LogP contribution in [0.1, 0.15) is 55.8 Å². The van der Waals surface area contributed by atoms with E-state index < -0.39 is 0 Å². The normalized spacial score (nSPS) is 12.0. The molecular formula is C23H33NO2. The van der Waals surface area contributed by atoms with Crippen molar-refractivity contribution in [2.75, 3.05) is 20.8 Å². The summed E-state index contributed by atoms with van der Waals surface area (Å²) < 4.78 is 11.3. The molecule has 2 aromatic carbocycles. The molecule has 0 aliphatic rings. The minimum Gasteiger partial charge on any atom is -0.496 e. The van der Waals surface area contributed by atoms with E-state index in [9.17, 15) is 0 Å². The molecular weight excluding hydrogens is 322 g/mol. The Kier molecular flexibility index (Phi) is 8.49. The lowest BCUT2D eigenvalue weighted by molar-refractivity contribution is 0.378. The van der Waals surface area contributed by atoms with Gasteiger partial charge in [0.25, 0.3) is 0 Å². The number of methoxy groups -OCH3 is 2. The molecule has 0 amide bonds. The van der Waals surface area contributed by atoms with Gasteiger partial charge in [-0.1, -0.05) is 57.0 Å². The van der Waals surface area contributed by atoms with Gasteiger partial charge < -0.3 is 14.8 Å². The summed E-state index contributed by atoms with van der Waals surface area (Å²) in [6.07, 6.45) is 5.36. The van der Waals surface area contributed by atoms with Crippen molar-refractivity contribution in [3.63, 3.8) is 0 Å². The first-order valence-electron chi connectivity index (χ1n) is 9.75. The van der Waals surface area contributed by atoms with Crippen LogP contribution in [0.5, 0.6) is 11.5 Å². The van der Waals surface area contributed by atoms with E-state index >= 15 is 0 Å². The van der Waals surface area contributed by atoms with Crippen molar-refractivity contribution in [1.29, 1.82) is 0 Å². The first kappa shape index (κ1) is 20.3. The maximum absolute atomic E-state index is 5.69. The lowest BCUT2D eigenvalue weighted by Crippen LogP contribution is -2.24. The van der Waals surface area contributed by atoms with Gasteiger partial charge in [0, 0.05) is 17.7 Å². The molecule has 0 aliphatic heterocycles. The second kappa shape index (κ2) is 10.9. The van der Waals surface area contributed by atoms with Crippen LogP contribution in [0, 0.1) is 0 Å². The molecule has 1 unspecified atom stereocenters. The zero-order valence-corrected chi connectivity index (χ0v) is 16.7. The van der Waals surface area contributed by atoms with Crippen molar-refractivity contribution in [3.8, 4) is 11.5 Å². The molecule has 142 valence electrons. The molecule has 1 N–H and O–H groups in total. The largest absolute Gasteiger partial charge is 0.496 e. The standard InChI is InChI=1S/C23H33NO2/c1-5-10-19-16-20(23(26-4)17-22(19)25-3)21(11-6-2)24-15-14-18-12-8-7-9-13-18/h7-9,12-13,16-17,21,24H,5-6,10-11,14-15H2,1-4H3. The minimum atomic E-state index is 0.292. The second-order valence-electron chi connectivity index (χ2n) is 6.69. The van der Waals surface area contributed by atoms with Crippen LogP contribution in [-0.4, -0.2) is 20.8 Å². The van der Waals surface area contributed by atoms with Crippen LogP contribution in [0.25, 0.3) is 0 Å². The number of nitrogens with one attached hydrogen (secondary N) is 1. The summed E-state index contributed by atoms with van der Waals surface area (Å²) in [7, 11) is 3.47. The maximum Gasteiger partial charge on any atom is 0.127 e. The van der Waals surface area contributed by atoms with E-state index in [0.717, 1.165) is 50.1 Å². The zero-order valence-electron chi connectivity index (χ0n) is 16.7. The first-order valence-corrected chi connectivity index (χ1v) is 9.75. The van der Waals surface area contributed by atoms with Crippen molar-refractivity contribution < 1.29 is 9.47 Å². The van der Waals surface area contributed by atoms with Gasteiger partial charge in [0.2, 0.25) is 0 Å². The number of hydrogen-bond donors (Lipinski definition) is 1. The Labute approximate surface area is 158 Å². The molecule has 0 aliphatic carbocycles. The average molecular weight is 356 g/mol. The third-order valence-corrected chi connectivity index (χ3v) is 4.75. The van der Waals surface area contributed by atoms with E-state index in [1.54, 1.807) is 14.2 Å². The minimum absolute atomic E-state index is 0.292. The van der Waals surface area contributed by atoms with Gasteiger partial charge in [-0.2, -0.15) is 0 Å². The summed E-state index contributed by atoms with van der Waals surface area (Å²) in [6, 6.07) is 15.2. The van der Waals surface area contributed by atoms with Crippen molar-refractivity contribution in [3.05, 3.63) is 59.2 Å². The van der Waals surface area contributed by atoms with Crippen LogP contribution in [-0.2, 0) is 12.8 Å². The van der Waals surface area contributed by atoms with Gasteiger partial charge in [0.05, 0.1) is 14.2 Å². The van der Waals surface area contributed by atoms with Gasteiger partial charge >= 0.3 is 0 Å². The lowest BCUT2D eigenvalue weighted by atomic mass is 9.96. The molecule has 0 aromatic heterocycles. The number of rotatable bonds is 11. The Morgan fingerprint density at radius 1 is 0.885 bits per heavy atom. The van der Waals surface area contributed by atoms with E-state index in [1.165, 1.54) is 16.7 Å². The van der Waals surface area contributed by atoms with Crippen LogP contribution in [0.3, 0.4) is 0 Å². The smallest absolute Gasteiger partial charge is 0.127 e. The molecule has 0 fully saturated rings. The number of aryl methyl sites for hydroxylation is 1. The highest BCUT2D eigenvalue weighted by molar-refractivity contribution is 5.48. The molecule has 0 heterocycles. The van der Waals surface area contributed by atoms with Gasteiger partial charge in [-0.05, 0) is 43.0 Å². The molecule has 2 aromatic rings. The van der Waals surface area contributed by atoms with Crippen molar-refractivity contribution in [2.24, 2.45) is 0 Å². The van der Waals surface area contributed by atoms with Crippen molar-refractivity contribution in [2.45, 2.75) is 52.0 Å². The third kappa shape index (κ3) is 5.50. The number of hydrogen-bond acceptors (Lipinski definition) is 3. The average Bonchev–Trinajstić information content (AvgIpc) is 2.68. The molecule has 3 nitrogen and oxygen atoms in total. The van der Waals surface area contributed by atoms with Gasteiger partial charge in [-0.3, -0.25) is 0 Å². The number of ether oxygens (including phenoxy) is 2. The molecule has 1 atom stereocenters. The van der Waals surface area contributed by atoms with E-state index in [2.05, 4.69) is 55.6 Å². The van der Waals surface area contributed by atoms with E-state index in [1.807, 2.05) is 6.07 Å². The first-order chi connectivity index (χ1) is 12.7. The summed E-state index contributed by atoms with van der Waals surface area (Å²) in [6.45, 7) is 5.38. The summed E-state index contributed by atoms with van der Waals surface area (Å²) in [4.78, 5) is 0. The lowest BCUT2D eigenvalue weighted by Gasteiger charge is -2.23. The second-order valence-corrected chi connectivity index (χ2v) is 6.69. The molecule has 0 saturated heterocycles. The molecule has 0 saturated carbocycles. The number of benzene rings is 2. The van der Waals surface area contributed by atoms with Crippen LogP contribution in [0.4, 0.5) is 0 Å². The van der Waals surface area contributed by atoms with Gasteiger partial charge in [-0.25, -0.2) is 0 Å². The van der Waals surface area contributed by atoms with Crippen LogP contribution >= 0.6 is 0 Å². The van der Waals surface area contributed by atoms with Crippen LogP contribution in [0.2, 0.25) is 0 Å². The maximum atomic E-state index is 5.69. The van der Waals surface area contributed by atoms with Crippen molar-refractivity contribution >= 4 is 0 Å². The predicted molar refractivity (Wildman–Crippen MR) is 109 cm³/mol. The Balaban J connectivity index is 2.19. The monoisotopic (exact) mass is 355 g/mol. The Bertz CT molecular complexity index is 655. The fourth-order valence-electron chi connectivity index (χ4n) is 3.42. The highest BCUT2D eigenvalue weighted by Gasteiger charge is 2.18. The highest BCUT2D eigenvalue weighted by Crippen LogP contribution is 2.35. The van der Waals surface area contributed by atoms with Gasteiger partial charge in [0.1, 0.15) is 11.5 Å². The molecule has 0 radical (unpaired) electrons. The topological polar surface area (TPSA) is 30.5 Å². The van der Waals surface area contributed by atoms with Crippen LogP contribution in [0.15, 0.2) is 42.5 Å². The third-order valence-electron chi connectivity index (χ3n) is 4.75.